The molecule has 0 spiro atoms. The van der Waals surface area contributed by atoms with Crippen LogP contribution in [0.1, 0.15) is 12.8 Å². The fourth-order valence-electron chi connectivity index (χ4n) is 2.46. The summed E-state index contributed by atoms with van der Waals surface area (Å²) in [6.07, 6.45) is 1.84. The van der Waals surface area contributed by atoms with Gasteiger partial charge in [0.2, 0.25) is 5.91 Å². The van der Waals surface area contributed by atoms with Crippen molar-refractivity contribution in [3.8, 4) is 11.5 Å². The molecule has 1 fully saturated rings. The first-order valence-electron chi connectivity index (χ1n) is 7.22. The van der Waals surface area contributed by atoms with Crippen molar-refractivity contribution in [2.75, 3.05) is 39.2 Å². The minimum Gasteiger partial charge on any atom is -0.495 e. The molecule has 1 saturated heterocycles. The molecule has 0 radical (unpaired) electrons. The number of carbonyl (C=O) groups excluding carboxylic acids is 1. The fourth-order valence-corrected chi connectivity index (χ4v) is 2.69. The zero-order valence-electron chi connectivity index (χ0n) is 12.9. The number of benzene rings is 1. The van der Waals surface area contributed by atoms with Gasteiger partial charge in [-0.05, 0) is 12.8 Å². The first-order valence-corrected chi connectivity index (χ1v) is 7.60. The Labute approximate surface area is 135 Å². The molecule has 1 aromatic carbocycles. The van der Waals surface area contributed by atoms with Crippen molar-refractivity contribution in [3.05, 3.63) is 17.2 Å². The summed E-state index contributed by atoms with van der Waals surface area (Å²) >= 11 is 6.05. The van der Waals surface area contributed by atoms with Crippen molar-refractivity contribution >= 4 is 23.2 Å². The van der Waals surface area contributed by atoms with Crippen molar-refractivity contribution < 1.29 is 14.3 Å². The molecular formula is C15H22ClN3O3. The number of rotatable bonds is 5. The molecule has 0 atom stereocenters. The maximum atomic E-state index is 12.2. The zero-order chi connectivity index (χ0) is 16.1. The number of halogens is 1. The fraction of sp³-hybridized carbons (Fsp3) is 0.533. The summed E-state index contributed by atoms with van der Waals surface area (Å²) in [5, 5.41) is 3.28. The van der Waals surface area contributed by atoms with Gasteiger partial charge in [-0.25, -0.2) is 0 Å². The van der Waals surface area contributed by atoms with Gasteiger partial charge in [-0.1, -0.05) is 11.6 Å². The second-order valence-corrected chi connectivity index (χ2v) is 5.76. The standard InChI is InChI=1S/C15H22ClN3O3/c1-21-13-8-12(14(22-2)7-11(13)16)18-15(20)9-19-5-3-10(17)4-6-19/h7-8,10H,3-6,9,17H2,1-2H3,(H,18,20). The third-order valence-electron chi connectivity index (χ3n) is 3.75. The molecule has 1 amide bonds. The molecule has 0 bridgehead atoms. The van der Waals surface area contributed by atoms with E-state index in [0.717, 1.165) is 25.9 Å². The second-order valence-electron chi connectivity index (χ2n) is 5.35. The number of nitrogens with zero attached hydrogens (tertiary/aromatic N) is 1. The monoisotopic (exact) mass is 327 g/mol. The highest BCUT2D eigenvalue weighted by Crippen LogP contribution is 2.35. The minimum atomic E-state index is -0.0989. The Hall–Kier alpha value is -1.50. The number of piperidine rings is 1. The maximum Gasteiger partial charge on any atom is 0.238 e. The summed E-state index contributed by atoms with van der Waals surface area (Å²) in [5.41, 5.74) is 6.41. The van der Waals surface area contributed by atoms with Crippen LogP contribution in [-0.4, -0.2) is 50.7 Å². The maximum absolute atomic E-state index is 12.2. The van der Waals surface area contributed by atoms with E-state index in [9.17, 15) is 4.79 Å². The summed E-state index contributed by atoms with van der Waals surface area (Å²) in [4.78, 5) is 14.3. The van der Waals surface area contributed by atoms with E-state index in [1.54, 1.807) is 12.1 Å². The Balaban J connectivity index is 2.01. The summed E-state index contributed by atoms with van der Waals surface area (Å²) in [6.45, 7) is 2.02. The number of methoxy groups -OCH3 is 2. The van der Waals surface area contributed by atoms with Crippen molar-refractivity contribution in [2.45, 2.75) is 18.9 Å². The van der Waals surface area contributed by atoms with E-state index in [2.05, 4.69) is 10.2 Å². The molecule has 3 N–H and O–H groups in total. The third kappa shape index (κ3) is 4.25. The average Bonchev–Trinajstić information content (AvgIpc) is 2.50. The molecule has 0 aromatic heterocycles. The Morgan fingerprint density at radius 2 is 1.95 bits per heavy atom. The quantitative estimate of drug-likeness (QED) is 0.861. The highest BCUT2D eigenvalue weighted by molar-refractivity contribution is 6.32. The van der Waals surface area contributed by atoms with Crippen LogP contribution in [0.3, 0.4) is 0 Å². The molecule has 1 aliphatic heterocycles. The van der Waals surface area contributed by atoms with Crippen molar-refractivity contribution in [1.29, 1.82) is 0 Å². The number of carbonyl (C=O) groups is 1. The van der Waals surface area contributed by atoms with E-state index >= 15 is 0 Å². The summed E-state index contributed by atoms with van der Waals surface area (Å²) in [6, 6.07) is 3.53. The second kappa shape index (κ2) is 7.67. The number of nitrogens with one attached hydrogen (secondary N) is 1. The van der Waals surface area contributed by atoms with Crippen LogP contribution < -0.4 is 20.5 Å². The predicted octanol–water partition coefficient (Wildman–Crippen LogP) is 1.72. The number of likely N-dealkylation sites (tertiary alicyclic amines) is 1. The zero-order valence-corrected chi connectivity index (χ0v) is 13.7. The van der Waals surface area contributed by atoms with E-state index in [1.165, 1.54) is 14.2 Å². The Kier molecular flexibility index (Phi) is 5.88. The van der Waals surface area contributed by atoms with Crippen LogP contribution in [0, 0.1) is 0 Å². The lowest BCUT2D eigenvalue weighted by molar-refractivity contribution is -0.117. The highest BCUT2D eigenvalue weighted by atomic mass is 35.5. The van der Waals surface area contributed by atoms with Gasteiger partial charge in [0, 0.05) is 31.3 Å². The molecule has 122 valence electrons. The van der Waals surface area contributed by atoms with E-state index in [-0.39, 0.29) is 11.9 Å². The van der Waals surface area contributed by atoms with Gasteiger partial charge in [0.1, 0.15) is 11.5 Å². The smallest absolute Gasteiger partial charge is 0.238 e. The number of amides is 1. The predicted molar refractivity (Wildman–Crippen MR) is 86.8 cm³/mol. The minimum absolute atomic E-state index is 0.0989. The SMILES string of the molecule is COc1cc(NC(=O)CN2CCC(N)CC2)c(OC)cc1Cl. The number of hydrogen-bond acceptors (Lipinski definition) is 5. The van der Waals surface area contributed by atoms with Crippen LogP contribution in [0.2, 0.25) is 5.02 Å². The Morgan fingerprint density at radius 1 is 1.32 bits per heavy atom. The number of hydrogen-bond donors (Lipinski definition) is 2. The lowest BCUT2D eigenvalue weighted by Crippen LogP contribution is -2.43. The molecular weight excluding hydrogens is 306 g/mol. The molecule has 0 aliphatic carbocycles. The third-order valence-corrected chi connectivity index (χ3v) is 4.04. The van der Waals surface area contributed by atoms with E-state index < -0.39 is 0 Å². The van der Waals surface area contributed by atoms with Gasteiger partial charge < -0.3 is 20.5 Å². The molecule has 22 heavy (non-hydrogen) atoms. The number of ether oxygens (including phenoxy) is 2. The largest absolute Gasteiger partial charge is 0.495 e. The Morgan fingerprint density at radius 3 is 2.55 bits per heavy atom. The van der Waals surface area contributed by atoms with Gasteiger partial charge in [0.05, 0.1) is 31.5 Å². The highest BCUT2D eigenvalue weighted by Gasteiger charge is 2.19. The van der Waals surface area contributed by atoms with Gasteiger partial charge in [0.25, 0.3) is 0 Å². The van der Waals surface area contributed by atoms with Crippen LogP contribution in [0.25, 0.3) is 0 Å². The first-order chi connectivity index (χ1) is 10.5. The van der Waals surface area contributed by atoms with Gasteiger partial charge >= 0.3 is 0 Å². The first kappa shape index (κ1) is 16.9. The molecule has 1 heterocycles. The summed E-state index contributed by atoms with van der Waals surface area (Å²) in [7, 11) is 3.05. The molecule has 7 heteroatoms. The summed E-state index contributed by atoms with van der Waals surface area (Å²) in [5.74, 6) is 0.889. The van der Waals surface area contributed by atoms with Crippen LogP contribution in [0.4, 0.5) is 5.69 Å². The van der Waals surface area contributed by atoms with Crippen molar-refractivity contribution in [1.82, 2.24) is 4.90 Å². The lowest BCUT2D eigenvalue weighted by Gasteiger charge is -2.29. The summed E-state index contributed by atoms with van der Waals surface area (Å²) < 4.78 is 10.4. The van der Waals surface area contributed by atoms with Gasteiger partial charge in [0.15, 0.2) is 0 Å². The molecule has 2 rings (SSSR count). The molecule has 0 unspecified atom stereocenters. The molecule has 1 aromatic rings. The van der Waals surface area contributed by atoms with E-state index in [0.29, 0.717) is 28.8 Å². The molecule has 1 aliphatic rings. The van der Waals surface area contributed by atoms with Crippen LogP contribution in [-0.2, 0) is 4.79 Å². The van der Waals surface area contributed by atoms with Crippen molar-refractivity contribution in [2.24, 2.45) is 5.73 Å². The molecule has 0 saturated carbocycles. The topological polar surface area (TPSA) is 76.8 Å². The van der Waals surface area contributed by atoms with Gasteiger partial charge in [-0.15, -0.1) is 0 Å². The lowest BCUT2D eigenvalue weighted by atomic mass is 10.1. The van der Waals surface area contributed by atoms with Gasteiger partial charge in [-0.3, -0.25) is 9.69 Å². The van der Waals surface area contributed by atoms with E-state index in [4.69, 9.17) is 26.8 Å². The van der Waals surface area contributed by atoms with E-state index in [1.807, 2.05) is 0 Å². The molecule has 6 nitrogen and oxygen atoms in total. The van der Waals surface area contributed by atoms with Crippen LogP contribution in [0.15, 0.2) is 12.1 Å². The van der Waals surface area contributed by atoms with Crippen LogP contribution in [0.5, 0.6) is 11.5 Å². The average molecular weight is 328 g/mol. The van der Waals surface area contributed by atoms with Crippen molar-refractivity contribution in [3.63, 3.8) is 0 Å². The Bertz CT molecular complexity index is 531. The number of nitrogens with two attached hydrogens (primary N) is 1. The van der Waals surface area contributed by atoms with Crippen LogP contribution >= 0.6 is 11.6 Å². The number of anilines is 1. The van der Waals surface area contributed by atoms with Gasteiger partial charge in [-0.2, -0.15) is 0 Å². The normalized spacial score (nSPS) is 16.4.